The molecule has 0 bridgehead atoms. The third-order valence-electron chi connectivity index (χ3n) is 13.7. The number of piperidine rings is 2. The Morgan fingerprint density at radius 1 is 0.712 bits per heavy atom. The Kier molecular flexibility index (Phi) is 19.4. The molecule has 2 atom stereocenters. The Hall–Kier alpha value is -4.86. The molecule has 2 unspecified atom stereocenters. The van der Waals surface area contributed by atoms with Crippen LogP contribution in [0.3, 0.4) is 0 Å². The molecule has 2 spiro atoms. The molecule has 12 nitrogen and oxygen atoms in total. The zero-order valence-electron chi connectivity index (χ0n) is 45.6. The molecular formula is C59H81BrN2O10Si. The molecule has 4 aromatic carbocycles. The maximum atomic E-state index is 13.3. The molecule has 14 heteroatoms. The number of ether oxygens (including phenoxy) is 6. The molecule has 8 rings (SSSR count). The minimum atomic E-state index is -1.30. The predicted octanol–water partition coefficient (Wildman–Crippen LogP) is 13.0. The summed E-state index contributed by atoms with van der Waals surface area (Å²) >= 11 is 3.44. The highest BCUT2D eigenvalue weighted by molar-refractivity contribution is 9.10. The Morgan fingerprint density at radius 3 is 1.52 bits per heavy atom. The molecule has 1 N–H and O–H groups in total. The van der Waals surface area contributed by atoms with Gasteiger partial charge in [-0.15, -0.1) is 0 Å². The van der Waals surface area contributed by atoms with Gasteiger partial charge in [-0.2, -0.15) is 0 Å². The van der Waals surface area contributed by atoms with Crippen molar-refractivity contribution in [3.05, 3.63) is 129 Å². The molecule has 0 radical (unpaired) electrons. The van der Waals surface area contributed by atoms with Crippen LogP contribution in [0.4, 0.5) is 0 Å². The summed E-state index contributed by atoms with van der Waals surface area (Å²) in [5.41, 5.74) is 4.53. The summed E-state index contributed by atoms with van der Waals surface area (Å²) in [6.07, 6.45) is 6.86. The molecule has 398 valence electrons. The van der Waals surface area contributed by atoms with Gasteiger partial charge in [0.05, 0.1) is 56.0 Å². The van der Waals surface area contributed by atoms with Gasteiger partial charge in [0.1, 0.15) is 34.2 Å². The van der Waals surface area contributed by atoms with Crippen LogP contribution in [-0.2, 0) is 19.3 Å². The van der Waals surface area contributed by atoms with E-state index in [4.69, 9.17) is 32.8 Å². The van der Waals surface area contributed by atoms with Crippen molar-refractivity contribution in [3.63, 3.8) is 0 Å². The molecule has 0 aliphatic carbocycles. The maximum absolute atomic E-state index is 13.3. The van der Waals surface area contributed by atoms with E-state index in [0.717, 1.165) is 71.2 Å². The van der Waals surface area contributed by atoms with Crippen LogP contribution < -0.4 is 18.9 Å². The monoisotopic (exact) mass is 1080 g/mol. The number of aliphatic hydroxyl groups is 1. The van der Waals surface area contributed by atoms with Crippen molar-refractivity contribution in [2.24, 2.45) is 0 Å². The second-order valence-corrected chi connectivity index (χ2v) is 27.5. The van der Waals surface area contributed by atoms with Gasteiger partial charge in [-0.25, -0.2) is 0 Å². The van der Waals surface area contributed by atoms with Crippen molar-refractivity contribution < 1.29 is 47.5 Å². The number of hydrogen-bond donors (Lipinski definition) is 1. The zero-order chi connectivity index (χ0) is 53.3. The Labute approximate surface area is 444 Å². The molecule has 2 fully saturated rings. The molecule has 2 saturated heterocycles. The van der Waals surface area contributed by atoms with E-state index >= 15 is 0 Å². The van der Waals surface area contributed by atoms with E-state index in [2.05, 4.69) is 75.4 Å². The maximum Gasteiger partial charge on any atom is 0.253 e. The van der Waals surface area contributed by atoms with Crippen LogP contribution in [0.15, 0.2) is 101 Å². The van der Waals surface area contributed by atoms with Gasteiger partial charge >= 0.3 is 0 Å². The van der Waals surface area contributed by atoms with Gasteiger partial charge in [0.15, 0.2) is 0 Å². The van der Waals surface area contributed by atoms with E-state index in [9.17, 15) is 14.7 Å². The Balaban J connectivity index is 0.000000205. The van der Waals surface area contributed by atoms with Crippen LogP contribution in [0, 0.1) is 0 Å². The number of aliphatic hydroxyl groups excluding tert-OH is 1. The molecule has 0 saturated carbocycles. The first-order valence-electron chi connectivity index (χ1n) is 25.9. The van der Waals surface area contributed by atoms with E-state index in [0.29, 0.717) is 48.8 Å². The number of hydrogen-bond acceptors (Lipinski definition) is 10. The van der Waals surface area contributed by atoms with Crippen LogP contribution in [0.25, 0.3) is 0 Å². The summed E-state index contributed by atoms with van der Waals surface area (Å²) in [5, 5.41) is 9.75. The number of carbonyl (C=O) groups is 2. The summed E-state index contributed by atoms with van der Waals surface area (Å²) in [7, 11) is 1.90. The summed E-state index contributed by atoms with van der Waals surface area (Å²) in [6, 6.07) is 27.3. The third kappa shape index (κ3) is 14.9. The molecule has 4 heterocycles. The summed E-state index contributed by atoms with van der Waals surface area (Å²) < 4.78 is 42.8. The van der Waals surface area contributed by atoms with Crippen LogP contribution >= 0.6 is 15.9 Å². The number of halogens is 1. The van der Waals surface area contributed by atoms with Crippen molar-refractivity contribution in [1.82, 2.24) is 9.80 Å². The van der Waals surface area contributed by atoms with E-state index in [1.807, 2.05) is 104 Å². The second-order valence-electron chi connectivity index (χ2n) is 22.2. The van der Waals surface area contributed by atoms with E-state index in [1.165, 1.54) is 5.57 Å². The number of carbonyl (C=O) groups excluding carboxylic acids is 2. The first-order valence-corrected chi connectivity index (χ1v) is 30.1. The van der Waals surface area contributed by atoms with Gasteiger partial charge in [-0.1, -0.05) is 56.3 Å². The van der Waals surface area contributed by atoms with Gasteiger partial charge in [-0.3, -0.25) is 9.59 Å². The van der Waals surface area contributed by atoms with Crippen molar-refractivity contribution in [2.45, 2.75) is 155 Å². The van der Waals surface area contributed by atoms with Gasteiger partial charge in [0, 0.05) is 97.9 Å². The standard InChI is InChI=1S/C28H37NO5.C24H28BrNO4.C7H16OSi/c1-19(2)33-25-17-28(34-23-9-7-6-8-21(23)25)12-14-29(15-13-28)26(31)20-10-11-22(24(16-20)32-5)27(3,4)18-30;1-16(2)29-22-15-24(30-20-7-5-4-6-18(20)22)10-12-26(13-11-24)23(27)17-8-9-19(25)21(14-17)28-3;1-7(2)6-8-9(3,4)5/h6-11,16,19,25,30H,12-15,17-18H2,1-5H3;4-9,14,16,22H,10-13,15H2,1-3H3;6H,1-5H3. The number of amides is 2. The first kappa shape index (κ1) is 57.4. The lowest BCUT2D eigenvalue weighted by molar-refractivity contribution is -0.0877. The lowest BCUT2D eigenvalue weighted by atomic mass is 9.81. The largest absolute Gasteiger partial charge is 0.550 e. The number of allylic oxidation sites excluding steroid dienone is 1. The highest BCUT2D eigenvalue weighted by atomic mass is 79.9. The molecule has 4 aliphatic rings. The molecular weight excluding hydrogens is 1000 g/mol. The minimum absolute atomic E-state index is 0.00103. The fraction of sp³-hybridized carbons (Fsp3) is 0.525. The number of methoxy groups -OCH3 is 2. The highest BCUT2D eigenvalue weighted by Gasteiger charge is 2.46. The van der Waals surface area contributed by atoms with Crippen molar-refractivity contribution >= 4 is 36.1 Å². The predicted molar refractivity (Wildman–Crippen MR) is 295 cm³/mol. The van der Waals surface area contributed by atoms with Crippen molar-refractivity contribution in [3.8, 4) is 23.0 Å². The topological polar surface area (TPSA) is 125 Å². The fourth-order valence-electron chi connectivity index (χ4n) is 9.79. The van der Waals surface area contributed by atoms with Gasteiger partial charge in [0.25, 0.3) is 11.8 Å². The fourth-order valence-corrected chi connectivity index (χ4v) is 10.8. The van der Waals surface area contributed by atoms with E-state index < -0.39 is 13.7 Å². The van der Waals surface area contributed by atoms with E-state index in [-0.39, 0.29) is 54.0 Å². The average molecular weight is 1090 g/mol. The number of fused-ring (bicyclic) bond motifs is 2. The normalized spacial score (nSPS) is 18.7. The minimum Gasteiger partial charge on any atom is -0.550 e. The molecule has 2 amide bonds. The van der Waals surface area contributed by atoms with Crippen LogP contribution in [0.1, 0.15) is 144 Å². The van der Waals surface area contributed by atoms with E-state index in [1.54, 1.807) is 26.4 Å². The second kappa shape index (κ2) is 24.7. The average Bonchev–Trinajstić information content (AvgIpc) is 3.35. The lowest BCUT2D eigenvalue weighted by Crippen LogP contribution is -2.52. The van der Waals surface area contributed by atoms with Crippen LogP contribution in [0.2, 0.25) is 19.6 Å². The van der Waals surface area contributed by atoms with Gasteiger partial charge < -0.3 is 47.8 Å². The van der Waals surface area contributed by atoms with Crippen molar-refractivity contribution in [1.29, 1.82) is 0 Å². The van der Waals surface area contributed by atoms with Crippen molar-refractivity contribution in [2.75, 3.05) is 47.0 Å². The molecule has 0 aromatic heterocycles. The zero-order valence-corrected chi connectivity index (χ0v) is 48.2. The lowest BCUT2D eigenvalue weighted by Gasteiger charge is -2.47. The third-order valence-corrected chi connectivity index (χ3v) is 15.2. The highest BCUT2D eigenvalue weighted by Crippen LogP contribution is 2.48. The summed E-state index contributed by atoms with van der Waals surface area (Å²) in [5.74, 6) is 3.11. The molecule has 4 aliphatic heterocycles. The Bertz CT molecular complexity index is 2520. The number of rotatable bonds is 12. The Morgan fingerprint density at radius 2 is 1.14 bits per heavy atom. The van der Waals surface area contributed by atoms with Gasteiger partial charge in [-0.05, 0) is 125 Å². The number of nitrogens with zero attached hydrogens (tertiary/aromatic N) is 2. The van der Waals surface area contributed by atoms with Gasteiger partial charge in [0.2, 0.25) is 8.32 Å². The summed E-state index contributed by atoms with van der Waals surface area (Å²) in [6.45, 7) is 25.3. The molecule has 73 heavy (non-hydrogen) atoms. The quantitative estimate of drug-likeness (QED) is 0.108. The SMILES string of the molecule is CC(C)=CO[Si](C)(C)C.COc1cc(C(=O)N2CCC3(CC2)CC(OC(C)C)c2ccccc2O3)ccc1Br.COc1cc(C(=O)N2CCC3(CC2)CC(OC(C)C)c2ccccc2O3)ccc1C(C)(C)CO. The molecule has 4 aromatic rings. The first-order chi connectivity index (χ1) is 34.5. The van der Waals surface area contributed by atoms with Crippen LogP contribution in [0.5, 0.6) is 23.0 Å². The van der Waals surface area contributed by atoms with Crippen LogP contribution in [-0.4, -0.2) is 105 Å². The number of para-hydroxylation sites is 2. The smallest absolute Gasteiger partial charge is 0.253 e. The number of benzene rings is 4. The summed E-state index contributed by atoms with van der Waals surface area (Å²) in [4.78, 5) is 30.2. The number of likely N-dealkylation sites (tertiary alicyclic amines) is 2.